The van der Waals surface area contributed by atoms with Crippen molar-refractivity contribution in [1.82, 2.24) is 4.90 Å². The Balaban J connectivity index is 2.61. The number of ketones is 2. The van der Waals surface area contributed by atoms with Gasteiger partial charge in [-0.2, -0.15) is 0 Å². The van der Waals surface area contributed by atoms with E-state index in [1.165, 1.54) is 6.08 Å². The largest absolute Gasteiger partial charge is 0.361 e. The van der Waals surface area contributed by atoms with E-state index in [0.29, 0.717) is 13.3 Å². The van der Waals surface area contributed by atoms with Gasteiger partial charge in [-0.1, -0.05) is 0 Å². The average Bonchev–Trinajstić information content (AvgIpc) is 2.13. The predicted octanol–water partition coefficient (Wildman–Crippen LogP) is 0.336. The van der Waals surface area contributed by atoms with Crippen molar-refractivity contribution in [3.8, 4) is 0 Å². The van der Waals surface area contributed by atoms with Crippen LogP contribution in [0.5, 0.6) is 0 Å². The van der Waals surface area contributed by atoms with Crippen LogP contribution in [0.4, 0.5) is 0 Å². The Hall–Kier alpha value is -1.16. The van der Waals surface area contributed by atoms with Crippen LogP contribution in [-0.2, 0) is 14.3 Å². The lowest BCUT2D eigenvalue weighted by atomic mass is 10.1. The molecule has 1 atom stereocenters. The molecule has 1 rings (SSSR count). The zero-order valence-corrected chi connectivity index (χ0v) is 7.82. The number of ether oxygens (including phenoxy) is 1. The highest BCUT2D eigenvalue weighted by atomic mass is 16.5. The molecule has 0 fully saturated rings. The first-order chi connectivity index (χ1) is 6.16. The van der Waals surface area contributed by atoms with Crippen molar-refractivity contribution in [1.29, 1.82) is 0 Å². The molecule has 1 heterocycles. The van der Waals surface area contributed by atoms with Crippen LogP contribution in [0.3, 0.4) is 0 Å². The number of hydrogen-bond acceptors (Lipinski definition) is 4. The van der Waals surface area contributed by atoms with Crippen molar-refractivity contribution in [2.75, 3.05) is 13.3 Å². The van der Waals surface area contributed by atoms with E-state index >= 15 is 0 Å². The third-order valence-electron chi connectivity index (χ3n) is 1.98. The minimum atomic E-state index is -0.430. The summed E-state index contributed by atoms with van der Waals surface area (Å²) < 4.78 is 5.14. The third-order valence-corrected chi connectivity index (χ3v) is 1.98. The van der Waals surface area contributed by atoms with Crippen LogP contribution in [0.1, 0.15) is 13.8 Å². The van der Waals surface area contributed by atoms with Crippen LogP contribution in [-0.4, -0.2) is 35.8 Å². The van der Waals surface area contributed by atoms with Gasteiger partial charge in [0.15, 0.2) is 0 Å². The number of hydrogen-bond donors (Lipinski definition) is 0. The smallest absolute Gasteiger partial charge is 0.225 e. The van der Waals surface area contributed by atoms with Crippen LogP contribution in [0, 0.1) is 0 Å². The van der Waals surface area contributed by atoms with Gasteiger partial charge in [-0.25, -0.2) is 0 Å². The Morgan fingerprint density at radius 2 is 2.23 bits per heavy atom. The molecule has 0 aromatic rings. The number of allylic oxidation sites excluding steroid dienone is 1. The maximum absolute atomic E-state index is 11.2. The summed E-state index contributed by atoms with van der Waals surface area (Å²) in [6.45, 7) is 4.53. The molecule has 1 aliphatic rings. The Bertz CT molecular complexity index is 247. The molecule has 0 bridgehead atoms. The molecule has 4 nitrogen and oxygen atoms in total. The second kappa shape index (κ2) is 4.18. The van der Waals surface area contributed by atoms with Crippen molar-refractivity contribution < 1.29 is 14.3 Å². The Kier molecular flexibility index (Phi) is 3.19. The van der Waals surface area contributed by atoms with E-state index in [2.05, 4.69) is 0 Å². The molecular formula is C9H13NO3. The van der Waals surface area contributed by atoms with Crippen molar-refractivity contribution in [2.45, 2.75) is 19.9 Å². The van der Waals surface area contributed by atoms with Gasteiger partial charge in [-0.3, -0.25) is 9.59 Å². The van der Waals surface area contributed by atoms with Gasteiger partial charge in [0.25, 0.3) is 0 Å². The minimum absolute atomic E-state index is 0.354. The number of nitrogens with zero attached hydrogens (tertiary/aromatic N) is 1. The summed E-state index contributed by atoms with van der Waals surface area (Å²) >= 11 is 0. The number of carbonyl (C=O) groups is 2. The van der Waals surface area contributed by atoms with Gasteiger partial charge in [0.2, 0.25) is 11.6 Å². The molecule has 0 aliphatic carbocycles. The van der Waals surface area contributed by atoms with E-state index in [-0.39, 0.29) is 5.78 Å². The highest BCUT2D eigenvalue weighted by Crippen LogP contribution is 2.08. The Labute approximate surface area is 77.2 Å². The molecule has 0 aromatic carbocycles. The molecule has 0 saturated heterocycles. The molecule has 4 heteroatoms. The first-order valence-electron chi connectivity index (χ1n) is 4.26. The fraction of sp³-hybridized carbons (Fsp3) is 0.556. The van der Waals surface area contributed by atoms with Crippen LogP contribution in [0.25, 0.3) is 0 Å². The number of Topliss-reactive ketones (excluding diaryl/α,β-unsaturated/α-hetero) is 1. The summed E-state index contributed by atoms with van der Waals surface area (Å²) in [6.07, 6.45) is 2.88. The summed E-state index contributed by atoms with van der Waals surface area (Å²) in [5.41, 5.74) is 0. The second-order valence-electron chi connectivity index (χ2n) is 2.86. The van der Waals surface area contributed by atoms with Crippen LogP contribution >= 0.6 is 0 Å². The second-order valence-corrected chi connectivity index (χ2v) is 2.86. The lowest BCUT2D eigenvalue weighted by Crippen LogP contribution is -2.43. The molecule has 13 heavy (non-hydrogen) atoms. The normalized spacial score (nSPS) is 22.6. The standard InChI is InChI=1S/C9H13NO3/c1-3-13-6-10-5-4-8(11)9(12)7(10)2/h4-5,7H,3,6H2,1-2H3. The van der Waals surface area contributed by atoms with Crippen molar-refractivity contribution >= 4 is 11.6 Å². The lowest BCUT2D eigenvalue weighted by Gasteiger charge is -2.27. The van der Waals surface area contributed by atoms with Crippen LogP contribution in [0.2, 0.25) is 0 Å². The maximum Gasteiger partial charge on any atom is 0.225 e. The fourth-order valence-corrected chi connectivity index (χ4v) is 1.08. The molecule has 0 saturated carbocycles. The van der Waals surface area contributed by atoms with Gasteiger partial charge in [-0.15, -0.1) is 0 Å². The van der Waals surface area contributed by atoms with E-state index in [1.54, 1.807) is 18.0 Å². The molecule has 1 unspecified atom stereocenters. The van der Waals surface area contributed by atoms with E-state index in [0.717, 1.165) is 0 Å². The Morgan fingerprint density at radius 3 is 2.85 bits per heavy atom. The molecule has 1 aliphatic heterocycles. The van der Waals surface area contributed by atoms with Gasteiger partial charge < -0.3 is 9.64 Å². The van der Waals surface area contributed by atoms with E-state index in [1.807, 2.05) is 6.92 Å². The van der Waals surface area contributed by atoms with Crippen molar-refractivity contribution in [3.05, 3.63) is 12.3 Å². The highest BCUT2D eigenvalue weighted by Gasteiger charge is 2.27. The maximum atomic E-state index is 11.2. The number of carbonyl (C=O) groups excluding carboxylic acids is 2. The monoisotopic (exact) mass is 183 g/mol. The van der Waals surface area contributed by atoms with Crippen molar-refractivity contribution in [2.24, 2.45) is 0 Å². The highest BCUT2D eigenvalue weighted by molar-refractivity contribution is 6.43. The average molecular weight is 183 g/mol. The number of rotatable bonds is 3. The lowest BCUT2D eigenvalue weighted by molar-refractivity contribution is -0.138. The van der Waals surface area contributed by atoms with E-state index in [4.69, 9.17) is 4.74 Å². The van der Waals surface area contributed by atoms with Gasteiger partial charge in [0.1, 0.15) is 6.73 Å². The first-order valence-corrected chi connectivity index (χ1v) is 4.26. The van der Waals surface area contributed by atoms with Crippen molar-refractivity contribution in [3.63, 3.8) is 0 Å². The topological polar surface area (TPSA) is 46.6 Å². The first kappa shape index (κ1) is 9.92. The van der Waals surface area contributed by atoms with Crippen LogP contribution in [0.15, 0.2) is 12.3 Å². The molecule has 0 amide bonds. The molecule has 0 aromatic heterocycles. The van der Waals surface area contributed by atoms with Gasteiger partial charge >= 0.3 is 0 Å². The van der Waals surface area contributed by atoms with Gasteiger partial charge in [-0.05, 0) is 13.8 Å². The fourth-order valence-electron chi connectivity index (χ4n) is 1.08. The predicted molar refractivity (Wildman–Crippen MR) is 46.9 cm³/mol. The molecule has 0 radical (unpaired) electrons. The quantitative estimate of drug-likeness (QED) is 0.592. The summed E-state index contributed by atoms with van der Waals surface area (Å²) in [4.78, 5) is 23.8. The summed E-state index contributed by atoms with van der Waals surface area (Å²) in [6, 6.07) is -0.399. The molecular weight excluding hydrogens is 170 g/mol. The Morgan fingerprint density at radius 1 is 1.54 bits per heavy atom. The summed E-state index contributed by atoms with van der Waals surface area (Å²) in [5, 5.41) is 0. The zero-order chi connectivity index (χ0) is 9.84. The van der Waals surface area contributed by atoms with E-state index in [9.17, 15) is 9.59 Å². The molecule has 0 spiro atoms. The summed E-state index contributed by atoms with van der Waals surface area (Å²) in [5.74, 6) is -0.803. The van der Waals surface area contributed by atoms with Gasteiger partial charge in [0.05, 0.1) is 6.04 Å². The minimum Gasteiger partial charge on any atom is -0.361 e. The SMILES string of the molecule is CCOCN1C=CC(=O)C(=O)C1C. The summed E-state index contributed by atoms with van der Waals surface area (Å²) in [7, 11) is 0. The van der Waals surface area contributed by atoms with E-state index < -0.39 is 11.8 Å². The molecule has 72 valence electrons. The third kappa shape index (κ3) is 2.15. The zero-order valence-electron chi connectivity index (χ0n) is 7.82. The molecule has 0 N–H and O–H groups in total. The van der Waals surface area contributed by atoms with Crippen LogP contribution < -0.4 is 0 Å². The van der Waals surface area contributed by atoms with Gasteiger partial charge in [0, 0.05) is 18.9 Å².